The van der Waals surface area contributed by atoms with Crippen molar-refractivity contribution in [1.82, 2.24) is 5.32 Å². The maximum absolute atomic E-state index is 13.1. The van der Waals surface area contributed by atoms with Crippen molar-refractivity contribution in [2.75, 3.05) is 4.72 Å². The molecule has 1 amide bonds. The molecule has 3 aromatic rings. The molecule has 150 valence electrons. The Hall–Kier alpha value is -2.90. The van der Waals surface area contributed by atoms with Crippen LogP contribution in [0.5, 0.6) is 0 Å². The van der Waals surface area contributed by atoms with Crippen molar-refractivity contribution in [2.45, 2.75) is 17.9 Å². The fourth-order valence-electron chi connectivity index (χ4n) is 2.69. The Morgan fingerprint density at radius 3 is 2.31 bits per heavy atom. The van der Waals surface area contributed by atoms with Gasteiger partial charge in [0.05, 0.1) is 21.5 Å². The highest BCUT2D eigenvalue weighted by Gasteiger charge is 2.18. The van der Waals surface area contributed by atoms with E-state index in [1.807, 2.05) is 0 Å². The van der Waals surface area contributed by atoms with Crippen LogP contribution in [-0.4, -0.2) is 14.3 Å². The minimum atomic E-state index is -3.80. The van der Waals surface area contributed by atoms with Crippen LogP contribution in [-0.2, 0) is 10.0 Å². The maximum atomic E-state index is 13.1. The first-order chi connectivity index (χ1) is 13.8. The molecule has 1 atom stereocenters. The Kier molecular flexibility index (Phi) is 6.20. The van der Waals surface area contributed by atoms with Crippen molar-refractivity contribution in [3.8, 4) is 0 Å². The average molecular weight is 433 g/mol. The molecule has 0 saturated heterocycles. The van der Waals surface area contributed by atoms with E-state index in [0.717, 1.165) is 5.56 Å². The summed E-state index contributed by atoms with van der Waals surface area (Å²) in [7, 11) is -3.80. The second-order valence-electron chi connectivity index (χ2n) is 6.36. The molecule has 0 aromatic heterocycles. The summed E-state index contributed by atoms with van der Waals surface area (Å²) in [5.41, 5.74) is 1.04. The summed E-state index contributed by atoms with van der Waals surface area (Å²) in [5, 5.41) is 2.95. The summed E-state index contributed by atoms with van der Waals surface area (Å²) in [5.74, 6) is -0.846. The van der Waals surface area contributed by atoms with Gasteiger partial charge in [-0.3, -0.25) is 9.52 Å². The number of anilines is 1. The van der Waals surface area contributed by atoms with E-state index in [2.05, 4.69) is 10.0 Å². The largest absolute Gasteiger partial charge is 0.345 e. The highest BCUT2D eigenvalue weighted by atomic mass is 35.5. The van der Waals surface area contributed by atoms with E-state index in [4.69, 9.17) is 11.6 Å². The fourth-order valence-corrected chi connectivity index (χ4v) is 3.96. The lowest BCUT2D eigenvalue weighted by Crippen LogP contribution is -2.27. The molecule has 0 aliphatic carbocycles. The quantitative estimate of drug-likeness (QED) is 0.589. The highest BCUT2D eigenvalue weighted by Crippen LogP contribution is 2.24. The molecule has 0 aliphatic rings. The first kappa shape index (κ1) is 20.8. The summed E-state index contributed by atoms with van der Waals surface area (Å²) in [6.07, 6.45) is 0. The third kappa shape index (κ3) is 5.13. The van der Waals surface area contributed by atoms with Gasteiger partial charge in [-0.2, -0.15) is 0 Å². The summed E-state index contributed by atoms with van der Waals surface area (Å²) in [6, 6.07) is 17.5. The summed E-state index contributed by atoms with van der Waals surface area (Å²) >= 11 is 6.14. The average Bonchev–Trinajstić information content (AvgIpc) is 2.70. The fraction of sp³-hybridized carbons (Fsp3) is 0.0952. The van der Waals surface area contributed by atoms with Crippen LogP contribution in [0.1, 0.15) is 28.9 Å². The normalized spacial score (nSPS) is 12.2. The lowest BCUT2D eigenvalue weighted by Gasteiger charge is -2.16. The van der Waals surface area contributed by atoms with Crippen molar-refractivity contribution in [2.24, 2.45) is 0 Å². The predicted octanol–water partition coefficient (Wildman–Crippen LogP) is 4.77. The van der Waals surface area contributed by atoms with E-state index in [1.54, 1.807) is 37.3 Å². The number of sulfonamides is 1. The van der Waals surface area contributed by atoms with Crippen molar-refractivity contribution in [3.63, 3.8) is 0 Å². The molecule has 0 fully saturated rings. The second kappa shape index (κ2) is 8.63. The van der Waals surface area contributed by atoms with E-state index in [0.29, 0.717) is 0 Å². The van der Waals surface area contributed by atoms with Gasteiger partial charge in [0.1, 0.15) is 5.82 Å². The number of hydrogen-bond donors (Lipinski definition) is 2. The van der Waals surface area contributed by atoms with E-state index < -0.39 is 22.0 Å². The molecule has 3 rings (SSSR count). The molecule has 0 spiro atoms. The van der Waals surface area contributed by atoms with Crippen LogP contribution in [0, 0.1) is 5.82 Å². The Balaban J connectivity index is 1.79. The minimum absolute atomic E-state index is 0.103. The number of rotatable bonds is 6. The van der Waals surface area contributed by atoms with E-state index in [-0.39, 0.29) is 27.0 Å². The van der Waals surface area contributed by atoms with E-state index >= 15 is 0 Å². The number of carbonyl (C=O) groups excluding carboxylic acids is 1. The smallest absolute Gasteiger partial charge is 0.261 e. The number of halogens is 2. The standard InChI is InChI=1S/C21H18ClFN2O3S/c1-14(15-7-9-16(23)10-8-15)24-21(26)19-13-17(11-12-20(19)22)25-29(27,28)18-5-3-2-4-6-18/h2-14,25H,1H3,(H,24,26)/t14-/m0/s1. The lowest BCUT2D eigenvalue weighted by molar-refractivity contribution is 0.0940. The Morgan fingerprint density at radius 2 is 1.66 bits per heavy atom. The summed E-state index contributed by atoms with van der Waals surface area (Å²) < 4.78 is 40.5. The van der Waals surface area contributed by atoms with Gasteiger partial charge in [-0.05, 0) is 55.0 Å². The van der Waals surface area contributed by atoms with Crippen LogP contribution in [0.25, 0.3) is 0 Å². The van der Waals surface area contributed by atoms with E-state index in [1.165, 1.54) is 42.5 Å². The van der Waals surface area contributed by atoms with Crippen LogP contribution in [0.4, 0.5) is 10.1 Å². The van der Waals surface area contributed by atoms with Crippen molar-refractivity contribution in [1.29, 1.82) is 0 Å². The minimum Gasteiger partial charge on any atom is -0.345 e. The number of benzene rings is 3. The van der Waals surface area contributed by atoms with Crippen molar-refractivity contribution < 1.29 is 17.6 Å². The number of carbonyl (C=O) groups is 1. The lowest BCUT2D eigenvalue weighted by atomic mass is 10.1. The first-order valence-corrected chi connectivity index (χ1v) is 10.6. The zero-order chi connectivity index (χ0) is 21.0. The SMILES string of the molecule is C[C@H](NC(=O)c1cc(NS(=O)(=O)c2ccccc2)ccc1Cl)c1ccc(F)cc1. The molecule has 0 aliphatic heterocycles. The van der Waals surface area contributed by atoms with Gasteiger partial charge >= 0.3 is 0 Å². The molecular formula is C21H18ClFN2O3S. The molecule has 5 nitrogen and oxygen atoms in total. The topological polar surface area (TPSA) is 75.3 Å². The summed E-state index contributed by atoms with van der Waals surface area (Å²) in [4.78, 5) is 12.8. The Morgan fingerprint density at radius 1 is 1.00 bits per heavy atom. The number of hydrogen-bond acceptors (Lipinski definition) is 3. The van der Waals surface area contributed by atoms with Crippen LogP contribution < -0.4 is 10.0 Å². The number of amides is 1. The van der Waals surface area contributed by atoms with Gasteiger partial charge in [0, 0.05) is 5.69 Å². The molecular weight excluding hydrogens is 415 g/mol. The zero-order valence-electron chi connectivity index (χ0n) is 15.4. The summed E-state index contributed by atoms with van der Waals surface area (Å²) in [6.45, 7) is 1.75. The first-order valence-electron chi connectivity index (χ1n) is 8.70. The van der Waals surface area contributed by atoms with Gasteiger partial charge in [0.25, 0.3) is 15.9 Å². The Labute approximate surface area is 173 Å². The Bertz CT molecular complexity index is 1120. The van der Waals surface area contributed by atoms with Crippen LogP contribution in [0.2, 0.25) is 5.02 Å². The highest BCUT2D eigenvalue weighted by molar-refractivity contribution is 7.92. The molecule has 8 heteroatoms. The van der Waals surface area contributed by atoms with Crippen molar-refractivity contribution >= 4 is 33.2 Å². The monoisotopic (exact) mass is 432 g/mol. The van der Waals surface area contributed by atoms with Crippen LogP contribution in [0.3, 0.4) is 0 Å². The van der Waals surface area contributed by atoms with Crippen LogP contribution >= 0.6 is 11.6 Å². The molecule has 0 unspecified atom stereocenters. The third-order valence-corrected chi connectivity index (χ3v) is 5.96. The molecule has 3 aromatic carbocycles. The van der Waals surface area contributed by atoms with Gasteiger partial charge in [-0.25, -0.2) is 12.8 Å². The van der Waals surface area contributed by atoms with Crippen molar-refractivity contribution in [3.05, 3.63) is 94.8 Å². The number of nitrogens with one attached hydrogen (secondary N) is 2. The van der Waals surface area contributed by atoms with Gasteiger partial charge in [0.15, 0.2) is 0 Å². The predicted molar refractivity (Wildman–Crippen MR) is 111 cm³/mol. The molecule has 0 radical (unpaired) electrons. The third-order valence-electron chi connectivity index (χ3n) is 4.23. The van der Waals surface area contributed by atoms with Gasteiger partial charge in [-0.15, -0.1) is 0 Å². The molecule has 0 saturated carbocycles. The van der Waals surface area contributed by atoms with Gasteiger partial charge in [-0.1, -0.05) is 41.9 Å². The zero-order valence-corrected chi connectivity index (χ0v) is 17.0. The van der Waals surface area contributed by atoms with Crippen LogP contribution in [0.15, 0.2) is 77.7 Å². The van der Waals surface area contributed by atoms with E-state index in [9.17, 15) is 17.6 Å². The molecule has 0 heterocycles. The van der Waals surface area contributed by atoms with Gasteiger partial charge in [0.2, 0.25) is 0 Å². The van der Waals surface area contributed by atoms with Gasteiger partial charge < -0.3 is 5.32 Å². The molecule has 2 N–H and O–H groups in total. The molecule has 29 heavy (non-hydrogen) atoms. The molecule has 0 bridgehead atoms. The maximum Gasteiger partial charge on any atom is 0.261 e. The second-order valence-corrected chi connectivity index (χ2v) is 8.45.